The maximum atomic E-state index is 5.75. The maximum Gasteiger partial charge on any atom is 0.224 e. The highest BCUT2D eigenvalue weighted by molar-refractivity contribution is 6.28. The average Bonchev–Trinajstić information content (AvgIpc) is 2.18. The molecule has 4 heteroatoms. The summed E-state index contributed by atoms with van der Waals surface area (Å²) in [6.07, 6.45) is 4.10. The smallest absolute Gasteiger partial charge is 0.224 e. The summed E-state index contributed by atoms with van der Waals surface area (Å²) in [5, 5.41) is 0.314. The molecule has 1 aromatic heterocycles. The average molecular weight is 214 g/mol. The van der Waals surface area contributed by atoms with Crippen LogP contribution < -0.4 is 4.90 Å². The molecule has 0 aromatic carbocycles. The van der Waals surface area contributed by atoms with Gasteiger partial charge in [-0.2, -0.15) is 0 Å². The van der Waals surface area contributed by atoms with Crippen LogP contribution in [0.5, 0.6) is 0 Å². The lowest BCUT2D eigenvalue weighted by atomic mass is 10.3. The second kappa shape index (κ2) is 5.15. The van der Waals surface area contributed by atoms with Gasteiger partial charge in [0.25, 0.3) is 0 Å². The summed E-state index contributed by atoms with van der Waals surface area (Å²) in [6, 6.07) is 0. The van der Waals surface area contributed by atoms with Gasteiger partial charge in [0.05, 0.1) is 0 Å². The Hall–Kier alpha value is -0.830. The molecule has 0 amide bonds. The fourth-order valence-corrected chi connectivity index (χ4v) is 1.43. The standard InChI is InChI=1S/C10H16ClN3/c1-4-5-6-14(3)9-8(2)7-12-10(11)13-9/h7H,4-6H2,1-3H3. The van der Waals surface area contributed by atoms with E-state index in [9.17, 15) is 0 Å². The minimum atomic E-state index is 0.314. The van der Waals surface area contributed by atoms with Gasteiger partial charge in [0.15, 0.2) is 0 Å². The van der Waals surface area contributed by atoms with E-state index in [4.69, 9.17) is 11.6 Å². The van der Waals surface area contributed by atoms with E-state index < -0.39 is 0 Å². The summed E-state index contributed by atoms with van der Waals surface area (Å²) in [5.41, 5.74) is 1.06. The molecule has 1 aromatic rings. The minimum Gasteiger partial charge on any atom is -0.359 e. The largest absolute Gasteiger partial charge is 0.359 e. The van der Waals surface area contributed by atoms with Crippen LogP contribution in [0, 0.1) is 6.92 Å². The van der Waals surface area contributed by atoms with Gasteiger partial charge < -0.3 is 4.90 Å². The third-order valence-electron chi connectivity index (χ3n) is 2.12. The molecule has 0 N–H and O–H groups in total. The van der Waals surface area contributed by atoms with Crippen LogP contribution in [-0.4, -0.2) is 23.6 Å². The monoisotopic (exact) mass is 213 g/mol. The second-order valence-electron chi connectivity index (χ2n) is 3.42. The molecule has 0 aliphatic carbocycles. The molecule has 0 unspecified atom stereocenters. The zero-order valence-corrected chi connectivity index (χ0v) is 9.67. The molecule has 0 fully saturated rings. The van der Waals surface area contributed by atoms with Gasteiger partial charge in [-0.15, -0.1) is 0 Å². The number of halogens is 1. The lowest BCUT2D eigenvalue weighted by Gasteiger charge is -2.19. The van der Waals surface area contributed by atoms with Crippen molar-refractivity contribution < 1.29 is 0 Å². The Balaban J connectivity index is 2.77. The fraction of sp³-hybridized carbons (Fsp3) is 0.600. The predicted octanol–water partition coefficient (Wildman–Crippen LogP) is 2.67. The summed E-state index contributed by atoms with van der Waals surface area (Å²) < 4.78 is 0. The molecule has 1 rings (SSSR count). The number of hydrogen-bond donors (Lipinski definition) is 0. The van der Waals surface area contributed by atoms with Gasteiger partial charge in [0.2, 0.25) is 5.28 Å². The van der Waals surface area contributed by atoms with Crippen LogP contribution in [0.15, 0.2) is 6.20 Å². The highest BCUT2D eigenvalue weighted by Crippen LogP contribution is 2.16. The predicted molar refractivity (Wildman–Crippen MR) is 60.0 cm³/mol. The Morgan fingerprint density at radius 3 is 2.86 bits per heavy atom. The van der Waals surface area contributed by atoms with E-state index in [-0.39, 0.29) is 0 Å². The first-order valence-corrected chi connectivity index (χ1v) is 5.23. The Morgan fingerprint density at radius 2 is 2.21 bits per heavy atom. The van der Waals surface area contributed by atoms with Crippen LogP contribution in [0.3, 0.4) is 0 Å². The van der Waals surface area contributed by atoms with E-state index in [1.807, 2.05) is 14.0 Å². The molecule has 78 valence electrons. The van der Waals surface area contributed by atoms with E-state index in [0.717, 1.165) is 24.3 Å². The highest BCUT2D eigenvalue weighted by Gasteiger charge is 2.06. The first-order chi connectivity index (χ1) is 6.65. The molecule has 0 saturated heterocycles. The summed E-state index contributed by atoms with van der Waals surface area (Å²) in [4.78, 5) is 10.3. The molecule has 14 heavy (non-hydrogen) atoms. The highest BCUT2D eigenvalue weighted by atomic mass is 35.5. The quantitative estimate of drug-likeness (QED) is 0.721. The lowest BCUT2D eigenvalue weighted by molar-refractivity contribution is 0.756. The SMILES string of the molecule is CCCCN(C)c1nc(Cl)ncc1C. The lowest BCUT2D eigenvalue weighted by Crippen LogP contribution is -2.20. The number of rotatable bonds is 4. The van der Waals surface area contributed by atoms with Crippen molar-refractivity contribution in [3.8, 4) is 0 Å². The van der Waals surface area contributed by atoms with Gasteiger partial charge in [0, 0.05) is 25.4 Å². The Morgan fingerprint density at radius 1 is 1.50 bits per heavy atom. The molecule has 0 saturated carbocycles. The zero-order valence-electron chi connectivity index (χ0n) is 8.92. The summed E-state index contributed by atoms with van der Waals surface area (Å²) >= 11 is 5.75. The molecule has 0 bridgehead atoms. The van der Waals surface area contributed by atoms with Gasteiger partial charge in [-0.1, -0.05) is 13.3 Å². The molecule has 0 atom stereocenters. The normalized spacial score (nSPS) is 10.3. The van der Waals surface area contributed by atoms with Gasteiger partial charge in [0.1, 0.15) is 5.82 Å². The van der Waals surface area contributed by atoms with E-state index in [1.165, 1.54) is 6.42 Å². The van der Waals surface area contributed by atoms with Gasteiger partial charge >= 0.3 is 0 Å². The van der Waals surface area contributed by atoms with Crippen LogP contribution in [-0.2, 0) is 0 Å². The van der Waals surface area contributed by atoms with Gasteiger partial charge in [-0.3, -0.25) is 0 Å². The number of aryl methyl sites for hydroxylation is 1. The zero-order chi connectivity index (χ0) is 10.6. The number of hydrogen-bond acceptors (Lipinski definition) is 3. The first-order valence-electron chi connectivity index (χ1n) is 4.85. The topological polar surface area (TPSA) is 29.0 Å². The number of aromatic nitrogens is 2. The van der Waals surface area contributed by atoms with Crippen LogP contribution in [0.1, 0.15) is 25.3 Å². The Kier molecular flexibility index (Phi) is 4.14. The third kappa shape index (κ3) is 2.84. The van der Waals surface area contributed by atoms with E-state index >= 15 is 0 Å². The van der Waals surface area contributed by atoms with E-state index in [1.54, 1.807) is 6.20 Å². The van der Waals surface area contributed by atoms with Crippen molar-refractivity contribution in [3.63, 3.8) is 0 Å². The molecule has 1 heterocycles. The van der Waals surface area contributed by atoms with E-state index in [0.29, 0.717) is 5.28 Å². The second-order valence-corrected chi connectivity index (χ2v) is 3.76. The van der Waals surface area contributed by atoms with Crippen LogP contribution in [0.4, 0.5) is 5.82 Å². The summed E-state index contributed by atoms with van der Waals surface area (Å²) in [5.74, 6) is 0.929. The molecular formula is C10H16ClN3. The first kappa shape index (κ1) is 11.2. The van der Waals surface area contributed by atoms with Crippen molar-refractivity contribution in [3.05, 3.63) is 17.0 Å². The molecule has 0 aliphatic rings. The summed E-state index contributed by atoms with van der Waals surface area (Å²) in [6.45, 7) is 5.17. The number of unbranched alkanes of at least 4 members (excludes halogenated alkanes) is 1. The van der Waals surface area contributed by atoms with Crippen molar-refractivity contribution in [1.82, 2.24) is 9.97 Å². The van der Waals surface area contributed by atoms with Gasteiger partial charge in [-0.05, 0) is 24.9 Å². The molecule has 0 aliphatic heterocycles. The van der Waals surface area contributed by atoms with Crippen molar-refractivity contribution in [1.29, 1.82) is 0 Å². The van der Waals surface area contributed by atoms with Crippen molar-refractivity contribution >= 4 is 17.4 Å². The molecular weight excluding hydrogens is 198 g/mol. The van der Waals surface area contributed by atoms with Crippen molar-refractivity contribution in [2.45, 2.75) is 26.7 Å². The molecule has 0 radical (unpaired) electrons. The van der Waals surface area contributed by atoms with Crippen LogP contribution in [0.2, 0.25) is 5.28 Å². The Bertz CT molecular complexity index is 301. The summed E-state index contributed by atoms with van der Waals surface area (Å²) in [7, 11) is 2.03. The van der Waals surface area contributed by atoms with Gasteiger partial charge in [-0.25, -0.2) is 9.97 Å². The van der Waals surface area contributed by atoms with Crippen molar-refractivity contribution in [2.24, 2.45) is 0 Å². The molecule has 0 spiro atoms. The number of anilines is 1. The van der Waals surface area contributed by atoms with Crippen LogP contribution in [0.25, 0.3) is 0 Å². The fourth-order valence-electron chi connectivity index (χ4n) is 1.30. The molecule has 3 nitrogen and oxygen atoms in total. The van der Waals surface area contributed by atoms with Crippen molar-refractivity contribution in [2.75, 3.05) is 18.5 Å². The third-order valence-corrected chi connectivity index (χ3v) is 2.31. The Labute approximate surface area is 90.1 Å². The minimum absolute atomic E-state index is 0.314. The maximum absolute atomic E-state index is 5.75. The van der Waals surface area contributed by atoms with Crippen LogP contribution >= 0.6 is 11.6 Å². The van der Waals surface area contributed by atoms with E-state index in [2.05, 4.69) is 21.8 Å². The number of nitrogens with zero attached hydrogens (tertiary/aromatic N) is 3.